The maximum absolute atomic E-state index is 13.0. The van der Waals surface area contributed by atoms with Crippen LogP contribution >= 0.6 is 0 Å². The summed E-state index contributed by atoms with van der Waals surface area (Å²) < 4.78 is 1.34. The van der Waals surface area contributed by atoms with E-state index in [1.54, 1.807) is 19.1 Å². The summed E-state index contributed by atoms with van der Waals surface area (Å²) >= 11 is 0. The van der Waals surface area contributed by atoms with Gasteiger partial charge in [-0.3, -0.25) is 19.0 Å². The molecule has 2 heterocycles. The van der Waals surface area contributed by atoms with Crippen molar-refractivity contribution >= 4 is 22.8 Å². The van der Waals surface area contributed by atoms with Crippen molar-refractivity contribution < 1.29 is 19.8 Å². The number of nitrogens with zero attached hydrogens (tertiary/aromatic N) is 2. The number of aliphatic carboxylic acids is 1. The molecule has 0 aliphatic carbocycles. The molecule has 0 atom stereocenters. The summed E-state index contributed by atoms with van der Waals surface area (Å²) in [6.07, 6.45) is -0.783. The van der Waals surface area contributed by atoms with E-state index in [0.29, 0.717) is 5.69 Å². The molecule has 7 nitrogen and oxygen atoms in total. The second kappa shape index (κ2) is 7.41. The number of rotatable bonds is 6. The van der Waals surface area contributed by atoms with Gasteiger partial charge in [-0.05, 0) is 24.6 Å². The number of pyridine rings is 2. The van der Waals surface area contributed by atoms with Crippen molar-refractivity contribution in [3.05, 3.63) is 69.6 Å². The number of hydrogen-bond donors (Lipinski definition) is 2. The highest BCUT2D eigenvalue weighted by atomic mass is 16.4. The Kier molecular flexibility index (Phi) is 5.03. The Morgan fingerprint density at radius 2 is 1.78 bits per heavy atom. The molecule has 138 valence electrons. The normalized spacial score (nSPS) is 10.9. The zero-order chi connectivity index (χ0) is 19.6. The second-order valence-corrected chi connectivity index (χ2v) is 6.24. The molecule has 0 spiro atoms. The van der Waals surface area contributed by atoms with Gasteiger partial charge in [0.15, 0.2) is 5.78 Å². The van der Waals surface area contributed by atoms with Crippen LogP contribution in [-0.4, -0.2) is 31.5 Å². The molecular weight excluding hydrogens is 348 g/mol. The molecule has 3 aromatic rings. The van der Waals surface area contributed by atoms with Crippen molar-refractivity contribution in [2.45, 2.75) is 26.3 Å². The fourth-order valence-corrected chi connectivity index (χ4v) is 2.91. The summed E-state index contributed by atoms with van der Waals surface area (Å²) in [5.74, 6) is -2.31. The Labute approximate surface area is 154 Å². The van der Waals surface area contributed by atoms with E-state index in [2.05, 4.69) is 4.98 Å². The number of aryl methyl sites for hydroxylation is 1. The molecule has 27 heavy (non-hydrogen) atoms. The van der Waals surface area contributed by atoms with E-state index in [0.717, 1.165) is 5.56 Å². The number of aromatic hydroxyl groups is 1. The minimum absolute atomic E-state index is 0.173. The Hall–Kier alpha value is -3.48. The van der Waals surface area contributed by atoms with Gasteiger partial charge in [0.25, 0.3) is 5.56 Å². The lowest BCUT2D eigenvalue weighted by Crippen LogP contribution is -2.28. The lowest BCUT2D eigenvalue weighted by molar-refractivity contribution is -0.136. The standard InChI is InChI=1S/C20H18N2O5/c1-12-7-8-14-18(26)17(15(23)9-10-16(24)25)20(27)22(19(14)21-12)11-13-5-3-2-4-6-13/h2-8,26H,9-11H2,1H3,(H,24,25). The average molecular weight is 366 g/mol. The molecule has 0 aliphatic heterocycles. The monoisotopic (exact) mass is 366 g/mol. The van der Waals surface area contributed by atoms with Crippen molar-refractivity contribution in [2.24, 2.45) is 0 Å². The first-order valence-electron chi connectivity index (χ1n) is 8.40. The fraction of sp³-hybridized carbons (Fsp3) is 0.200. The number of carbonyl (C=O) groups excluding carboxylic acids is 1. The number of carbonyl (C=O) groups is 2. The van der Waals surface area contributed by atoms with Gasteiger partial charge in [0.05, 0.1) is 18.4 Å². The molecule has 0 bridgehead atoms. The van der Waals surface area contributed by atoms with Gasteiger partial charge >= 0.3 is 5.97 Å². The van der Waals surface area contributed by atoms with Gasteiger partial charge < -0.3 is 10.2 Å². The molecule has 0 unspecified atom stereocenters. The largest absolute Gasteiger partial charge is 0.506 e. The van der Waals surface area contributed by atoms with Crippen molar-refractivity contribution in [3.63, 3.8) is 0 Å². The van der Waals surface area contributed by atoms with Crippen LogP contribution in [0.3, 0.4) is 0 Å². The van der Waals surface area contributed by atoms with E-state index in [9.17, 15) is 19.5 Å². The van der Waals surface area contributed by atoms with Crippen molar-refractivity contribution in [1.29, 1.82) is 0 Å². The van der Waals surface area contributed by atoms with Crippen LogP contribution < -0.4 is 5.56 Å². The van der Waals surface area contributed by atoms with Gasteiger partial charge in [0, 0.05) is 12.1 Å². The highest BCUT2D eigenvalue weighted by molar-refractivity contribution is 6.03. The maximum atomic E-state index is 13.0. The molecule has 2 aromatic heterocycles. The Balaban J connectivity index is 2.22. The first kappa shape index (κ1) is 18.3. The van der Waals surface area contributed by atoms with E-state index in [1.807, 2.05) is 30.3 Å². The van der Waals surface area contributed by atoms with Crippen LogP contribution in [-0.2, 0) is 11.3 Å². The van der Waals surface area contributed by atoms with Crippen LogP contribution in [0.1, 0.15) is 34.5 Å². The molecule has 0 radical (unpaired) electrons. The molecule has 0 fully saturated rings. The predicted molar refractivity (Wildman–Crippen MR) is 99.1 cm³/mol. The number of ketones is 1. The van der Waals surface area contributed by atoms with Crippen LogP contribution in [0.4, 0.5) is 0 Å². The quantitative estimate of drug-likeness (QED) is 0.649. The molecule has 3 rings (SSSR count). The zero-order valence-electron chi connectivity index (χ0n) is 14.7. The summed E-state index contributed by atoms with van der Waals surface area (Å²) in [6.45, 7) is 1.94. The molecule has 1 aromatic carbocycles. The highest BCUT2D eigenvalue weighted by Gasteiger charge is 2.23. The lowest BCUT2D eigenvalue weighted by Gasteiger charge is -2.14. The number of carboxylic acid groups (broad SMARTS) is 1. The molecule has 2 N–H and O–H groups in total. The Bertz CT molecular complexity index is 1090. The van der Waals surface area contributed by atoms with Gasteiger partial charge in [-0.25, -0.2) is 4.98 Å². The third-order valence-corrected chi connectivity index (χ3v) is 4.25. The number of aromatic nitrogens is 2. The van der Waals surface area contributed by atoms with Gasteiger partial charge in [-0.15, -0.1) is 0 Å². The number of hydrogen-bond acceptors (Lipinski definition) is 5. The number of fused-ring (bicyclic) bond motifs is 1. The Morgan fingerprint density at radius 1 is 1.07 bits per heavy atom. The highest BCUT2D eigenvalue weighted by Crippen LogP contribution is 2.27. The number of benzene rings is 1. The van der Waals surface area contributed by atoms with Crippen LogP contribution in [0.2, 0.25) is 0 Å². The zero-order valence-corrected chi connectivity index (χ0v) is 14.7. The second-order valence-electron chi connectivity index (χ2n) is 6.24. The minimum Gasteiger partial charge on any atom is -0.506 e. The van der Waals surface area contributed by atoms with E-state index >= 15 is 0 Å². The van der Waals surface area contributed by atoms with E-state index in [1.165, 1.54) is 4.57 Å². The molecule has 0 aliphatic rings. The van der Waals surface area contributed by atoms with E-state index in [4.69, 9.17) is 5.11 Å². The first-order valence-corrected chi connectivity index (χ1v) is 8.40. The van der Waals surface area contributed by atoms with Gasteiger partial charge in [0.1, 0.15) is 17.0 Å². The summed E-state index contributed by atoms with van der Waals surface area (Å²) in [4.78, 5) is 40.6. The number of carboxylic acids is 1. The average Bonchev–Trinajstić information content (AvgIpc) is 2.64. The van der Waals surface area contributed by atoms with Crippen LogP contribution in [0, 0.1) is 6.92 Å². The van der Waals surface area contributed by atoms with Crippen LogP contribution in [0.5, 0.6) is 5.75 Å². The maximum Gasteiger partial charge on any atom is 0.303 e. The van der Waals surface area contributed by atoms with Gasteiger partial charge in [-0.1, -0.05) is 30.3 Å². The third-order valence-electron chi connectivity index (χ3n) is 4.25. The fourth-order valence-electron chi connectivity index (χ4n) is 2.91. The van der Waals surface area contributed by atoms with Crippen LogP contribution in [0.25, 0.3) is 11.0 Å². The van der Waals surface area contributed by atoms with Crippen molar-refractivity contribution in [1.82, 2.24) is 9.55 Å². The predicted octanol–water partition coefficient (Wildman–Crippen LogP) is 2.51. The molecule has 7 heteroatoms. The SMILES string of the molecule is Cc1ccc2c(O)c(C(=O)CCC(=O)O)c(=O)n(Cc3ccccc3)c2n1. The van der Waals surface area contributed by atoms with Crippen molar-refractivity contribution in [2.75, 3.05) is 0 Å². The molecule has 0 amide bonds. The minimum atomic E-state index is -1.15. The van der Waals surface area contributed by atoms with Crippen LogP contribution in [0.15, 0.2) is 47.3 Å². The summed E-state index contributed by atoms with van der Waals surface area (Å²) in [5.41, 5.74) is 0.686. The van der Waals surface area contributed by atoms with E-state index < -0.39 is 35.0 Å². The smallest absolute Gasteiger partial charge is 0.303 e. The first-order chi connectivity index (χ1) is 12.9. The molecular formula is C20H18N2O5. The number of Topliss-reactive ketones (excluding diaryl/α,β-unsaturated/α-hetero) is 1. The third kappa shape index (κ3) is 3.72. The molecule has 0 saturated carbocycles. The Morgan fingerprint density at radius 3 is 2.44 bits per heavy atom. The summed E-state index contributed by atoms with van der Waals surface area (Å²) in [5, 5.41) is 19.6. The van der Waals surface area contributed by atoms with Gasteiger partial charge in [-0.2, -0.15) is 0 Å². The molecule has 0 saturated heterocycles. The lowest BCUT2D eigenvalue weighted by atomic mass is 10.0. The summed E-state index contributed by atoms with van der Waals surface area (Å²) in [6, 6.07) is 12.5. The van der Waals surface area contributed by atoms with E-state index in [-0.39, 0.29) is 24.0 Å². The summed E-state index contributed by atoms with van der Waals surface area (Å²) in [7, 11) is 0. The van der Waals surface area contributed by atoms with Gasteiger partial charge in [0.2, 0.25) is 0 Å². The topological polar surface area (TPSA) is 109 Å². The van der Waals surface area contributed by atoms with Crippen molar-refractivity contribution in [3.8, 4) is 5.75 Å².